The Morgan fingerprint density at radius 1 is 0.627 bits per heavy atom. The van der Waals surface area contributed by atoms with Crippen LogP contribution in [0, 0.1) is 6.92 Å². The van der Waals surface area contributed by atoms with Gasteiger partial charge < -0.3 is 8.83 Å². The second kappa shape index (κ2) is 16.1. The first kappa shape index (κ1) is 35.5. The summed E-state index contributed by atoms with van der Waals surface area (Å²) in [7, 11) is 0. The minimum atomic E-state index is -4.51. The molecule has 5 aromatic rings. The van der Waals surface area contributed by atoms with Crippen molar-refractivity contribution in [3.05, 3.63) is 107 Å². The predicted octanol–water partition coefficient (Wildman–Crippen LogP) is 9.73. The molecule has 2 fully saturated rings. The maximum absolute atomic E-state index is 13.0. The Labute approximate surface area is 293 Å². The van der Waals surface area contributed by atoms with E-state index in [9.17, 15) is 22.8 Å². The van der Waals surface area contributed by atoms with Crippen LogP contribution in [0.15, 0.2) is 81.6 Å². The van der Waals surface area contributed by atoms with E-state index in [-0.39, 0.29) is 35.0 Å². The predicted molar refractivity (Wildman–Crippen MR) is 184 cm³/mol. The van der Waals surface area contributed by atoms with E-state index in [1.807, 2.05) is 48.5 Å². The van der Waals surface area contributed by atoms with E-state index in [2.05, 4.69) is 31.0 Å². The topological polar surface area (TPSA) is 136 Å². The van der Waals surface area contributed by atoms with Crippen molar-refractivity contribution >= 4 is 23.8 Å². The summed E-state index contributed by atoms with van der Waals surface area (Å²) in [5.74, 6) is 0.644. The van der Waals surface area contributed by atoms with Gasteiger partial charge in [-0.15, -0.1) is 10.2 Å². The average Bonchev–Trinajstić information content (AvgIpc) is 3.83. The van der Waals surface area contributed by atoms with Gasteiger partial charge in [0.2, 0.25) is 11.8 Å². The van der Waals surface area contributed by atoms with Crippen LogP contribution in [0.3, 0.4) is 0 Å². The number of aryl methyl sites for hydroxylation is 1. The van der Waals surface area contributed by atoms with Gasteiger partial charge in [0, 0.05) is 23.0 Å². The Balaban J connectivity index is 0.000000176. The first-order chi connectivity index (χ1) is 24.6. The smallest absolute Gasteiger partial charge is 0.408 e. The Morgan fingerprint density at radius 3 is 1.67 bits per heavy atom. The number of rotatable bonds is 7. The highest BCUT2D eigenvalue weighted by Gasteiger charge is 2.33. The van der Waals surface area contributed by atoms with Crippen LogP contribution in [-0.4, -0.2) is 32.2 Å². The molecular formula is C38H39F3N6O4. The zero-order valence-corrected chi connectivity index (χ0v) is 28.2. The van der Waals surface area contributed by atoms with E-state index >= 15 is 0 Å². The summed E-state index contributed by atoms with van der Waals surface area (Å²) in [5, 5.41) is 20.9. The molecule has 2 amide bonds. The quantitative estimate of drug-likeness (QED) is 0.171. The molecule has 2 aromatic heterocycles. The van der Waals surface area contributed by atoms with Gasteiger partial charge in [0.15, 0.2) is 0 Å². The lowest BCUT2D eigenvalue weighted by Gasteiger charge is -2.17. The fraction of sp³-hybridized carbons (Fsp3) is 0.368. The minimum Gasteiger partial charge on any atom is -0.408 e. The van der Waals surface area contributed by atoms with Gasteiger partial charge in [-0.2, -0.15) is 13.2 Å². The van der Waals surface area contributed by atoms with Crippen molar-refractivity contribution in [2.45, 2.75) is 89.1 Å². The summed E-state index contributed by atoms with van der Waals surface area (Å²) < 4.78 is 50.0. The van der Waals surface area contributed by atoms with Crippen LogP contribution in [0.1, 0.15) is 120 Å². The molecule has 2 aliphatic rings. The van der Waals surface area contributed by atoms with E-state index in [4.69, 9.17) is 8.83 Å². The maximum atomic E-state index is 13.0. The van der Waals surface area contributed by atoms with Crippen molar-refractivity contribution in [1.82, 2.24) is 20.4 Å². The summed E-state index contributed by atoms with van der Waals surface area (Å²) >= 11 is 0. The summed E-state index contributed by atoms with van der Waals surface area (Å²) in [6, 6.07) is 21.0. The number of aromatic nitrogens is 4. The van der Waals surface area contributed by atoms with Crippen LogP contribution < -0.4 is 10.6 Å². The van der Waals surface area contributed by atoms with Gasteiger partial charge in [0.1, 0.15) is 0 Å². The zero-order valence-electron chi connectivity index (χ0n) is 28.2. The number of halogens is 3. The maximum Gasteiger partial charge on any atom is 0.416 e. The lowest BCUT2D eigenvalue weighted by Crippen LogP contribution is -2.15. The summed E-state index contributed by atoms with van der Waals surface area (Å²) in [6.45, 7) is 1.35. The Kier molecular flexibility index (Phi) is 11.2. The molecule has 0 atom stereocenters. The molecule has 0 spiro atoms. The number of carbonyl (C=O) groups excluding carboxylic acids is 2. The van der Waals surface area contributed by atoms with E-state index in [0.717, 1.165) is 55.7 Å². The molecule has 2 N–H and O–H groups in total. The third kappa shape index (κ3) is 9.27. The number of alkyl halides is 3. The molecule has 51 heavy (non-hydrogen) atoms. The Hall–Kier alpha value is -5.33. The molecule has 10 nitrogen and oxygen atoms in total. The average molecular weight is 701 g/mol. The Morgan fingerprint density at radius 2 is 1.14 bits per heavy atom. The molecule has 0 aliphatic heterocycles. The van der Waals surface area contributed by atoms with Gasteiger partial charge in [-0.1, -0.05) is 97.3 Å². The summed E-state index contributed by atoms with van der Waals surface area (Å²) in [6.07, 6.45) is 6.60. The zero-order chi connectivity index (χ0) is 35.8. The SMILES string of the molecule is Cc1ccc(C(=O)Nc2nnc(C3CCCCC3)o2)cc1C(F)(F)F.O=C(Nc1nnc(C2CCCCC2)o1)c1cccc(-c2ccccc2)c1. The molecule has 0 radical (unpaired) electrons. The van der Waals surface area contributed by atoms with Gasteiger partial charge in [-0.25, -0.2) is 0 Å². The normalized spacial score (nSPS) is 15.5. The van der Waals surface area contributed by atoms with E-state index in [0.29, 0.717) is 23.3 Å². The number of hydrogen-bond donors (Lipinski definition) is 2. The van der Waals surface area contributed by atoms with Gasteiger partial charge in [-0.05, 0) is 73.6 Å². The van der Waals surface area contributed by atoms with Crippen LogP contribution >= 0.6 is 0 Å². The molecule has 2 saturated carbocycles. The lowest BCUT2D eigenvalue weighted by atomic mass is 9.89. The van der Waals surface area contributed by atoms with Gasteiger partial charge >= 0.3 is 18.2 Å². The molecule has 2 heterocycles. The lowest BCUT2D eigenvalue weighted by molar-refractivity contribution is -0.138. The van der Waals surface area contributed by atoms with Gasteiger partial charge in [0.05, 0.1) is 5.56 Å². The fourth-order valence-corrected chi connectivity index (χ4v) is 6.48. The second-order valence-corrected chi connectivity index (χ2v) is 12.9. The van der Waals surface area contributed by atoms with Crippen LogP contribution in [0.2, 0.25) is 0 Å². The van der Waals surface area contributed by atoms with Crippen LogP contribution in [0.4, 0.5) is 25.2 Å². The number of nitrogens with zero attached hydrogens (tertiary/aromatic N) is 4. The van der Waals surface area contributed by atoms with Crippen molar-refractivity contribution in [3.63, 3.8) is 0 Å². The van der Waals surface area contributed by atoms with Crippen molar-refractivity contribution < 1.29 is 31.6 Å². The second-order valence-electron chi connectivity index (χ2n) is 12.9. The van der Waals surface area contributed by atoms with Crippen molar-refractivity contribution in [3.8, 4) is 11.1 Å². The number of hydrogen-bond acceptors (Lipinski definition) is 8. The van der Waals surface area contributed by atoms with E-state index in [1.54, 1.807) is 6.07 Å². The van der Waals surface area contributed by atoms with Crippen molar-refractivity contribution in [2.75, 3.05) is 10.6 Å². The van der Waals surface area contributed by atoms with Crippen LogP contribution in [0.25, 0.3) is 11.1 Å². The van der Waals surface area contributed by atoms with Gasteiger partial charge in [-0.3, -0.25) is 20.2 Å². The minimum absolute atomic E-state index is 0.0569. The molecule has 13 heteroatoms. The standard InChI is InChI=1S/C21H21N3O2.C17H18F3N3O2/c25-19(18-13-7-12-17(14-18)15-8-3-1-4-9-15)22-21-24-23-20(26-21)16-10-5-2-6-11-16;1-10-7-8-12(9-13(10)17(18,19)20)14(24)21-16-23-22-15(25-16)11-5-3-2-4-6-11/h1,3-4,7-9,12-14,16H,2,5-6,10-11H2,(H,22,24,25);7-9,11H,2-6H2,1H3,(H,21,23,24). The van der Waals surface area contributed by atoms with Crippen molar-refractivity contribution in [1.29, 1.82) is 0 Å². The molecule has 2 aliphatic carbocycles. The highest BCUT2D eigenvalue weighted by Crippen LogP contribution is 2.35. The van der Waals surface area contributed by atoms with Crippen LogP contribution in [0.5, 0.6) is 0 Å². The number of benzene rings is 3. The molecule has 266 valence electrons. The van der Waals surface area contributed by atoms with Crippen LogP contribution in [-0.2, 0) is 6.18 Å². The number of anilines is 2. The monoisotopic (exact) mass is 700 g/mol. The first-order valence-electron chi connectivity index (χ1n) is 17.3. The van der Waals surface area contributed by atoms with E-state index < -0.39 is 17.6 Å². The number of carbonyl (C=O) groups is 2. The summed E-state index contributed by atoms with van der Waals surface area (Å²) in [4.78, 5) is 24.7. The molecule has 7 rings (SSSR count). The first-order valence-corrected chi connectivity index (χ1v) is 17.3. The van der Waals surface area contributed by atoms with Gasteiger partial charge in [0.25, 0.3) is 11.8 Å². The largest absolute Gasteiger partial charge is 0.416 e. The Bertz CT molecular complexity index is 1930. The third-order valence-corrected chi connectivity index (χ3v) is 9.27. The molecule has 0 bridgehead atoms. The molecular weight excluding hydrogens is 661 g/mol. The molecule has 3 aromatic carbocycles. The summed E-state index contributed by atoms with van der Waals surface area (Å²) in [5.41, 5.74) is 1.72. The fourth-order valence-electron chi connectivity index (χ4n) is 6.48. The number of nitrogens with one attached hydrogen (secondary N) is 2. The highest BCUT2D eigenvalue weighted by atomic mass is 19.4. The highest BCUT2D eigenvalue weighted by molar-refractivity contribution is 6.04. The molecule has 0 saturated heterocycles. The van der Waals surface area contributed by atoms with Crippen molar-refractivity contribution in [2.24, 2.45) is 0 Å². The molecule has 0 unspecified atom stereocenters. The van der Waals surface area contributed by atoms with E-state index in [1.165, 1.54) is 44.7 Å². The number of amides is 2. The third-order valence-electron chi connectivity index (χ3n) is 9.27.